The summed E-state index contributed by atoms with van der Waals surface area (Å²) in [6.45, 7) is 0. The first-order valence-electron chi connectivity index (χ1n) is 4.23. The zero-order valence-corrected chi connectivity index (χ0v) is 5.90. The average molecular weight is 125 g/mol. The van der Waals surface area contributed by atoms with Crippen LogP contribution in [0.15, 0.2) is 0 Å². The molecule has 2 atom stereocenters. The van der Waals surface area contributed by atoms with Crippen molar-refractivity contribution in [1.29, 1.82) is 0 Å². The molecule has 52 valence electrons. The molecule has 1 N–H and O–H groups in total. The molecule has 1 saturated heterocycles. The number of fused-ring (bicyclic) bond motifs is 1. The highest BCUT2D eigenvalue weighted by Crippen LogP contribution is 2.26. The number of hydrogen-bond donors (Lipinski definition) is 1. The minimum Gasteiger partial charge on any atom is -0.308 e. The van der Waals surface area contributed by atoms with Crippen LogP contribution in [0.1, 0.15) is 38.5 Å². The molecule has 0 aromatic carbocycles. The van der Waals surface area contributed by atoms with Crippen LogP contribution < -0.4 is 5.32 Å². The van der Waals surface area contributed by atoms with Crippen LogP contribution in [0.5, 0.6) is 0 Å². The van der Waals surface area contributed by atoms with Gasteiger partial charge in [-0.25, -0.2) is 0 Å². The SMILES string of the molecule is C1CCC[C@@H]2N[C@H]2CC1. The van der Waals surface area contributed by atoms with E-state index in [2.05, 4.69) is 5.32 Å². The topological polar surface area (TPSA) is 21.9 Å². The Balaban J connectivity index is 1.81. The van der Waals surface area contributed by atoms with Gasteiger partial charge in [-0.05, 0) is 12.8 Å². The van der Waals surface area contributed by atoms with Gasteiger partial charge in [0.05, 0.1) is 0 Å². The van der Waals surface area contributed by atoms with Gasteiger partial charge < -0.3 is 5.32 Å². The molecular weight excluding hydrogens is 110 g/mol. The molecule has 1 heteroatoms. The second-order valence-corrected chi connectivity index (χ2v) is 3.37. The first-order valence-corrected chi connectivity index (χ1v) is 4.23. The Morgan fingerprint density at radius 2 is 1.33 bits per heavy atom. The van der Waals surface area contributed by atoms with Gasteiger partial charge in [0.2, 0.25) is 0 Å². The van der Waals surface area contributed by atoms with Crippen LogP contribution in [0.3, 0.4) is 0 Å². The zero-order chi connectivity index (χ0) is 6.10. The first-order chi connectivity index (χ1) is 4.47. The monoisotopic (exact) mass is 125 g/mol. The van der Waals surface area contributed by atoms with Gasteiger partial charge in [-0.3, -0.25) is 0 Å². The van der Waals surface area contributed by atoms with Crippen LogP contribution in [0.4, 0.5) is 0 Å². The molecule has 1 saturated carbocycles. The molecule has 0 unspecified atom stereocenters. The fraction of sp³-hybridized carbons (Fsp3) is 1.00. The molecular formula is C8H15N. The minimum atomic E-state index is 0.935. The van der Waals surface area contributed by atoms with Crippen molar-refractivity contribution in [2.24, 2.45) is 0 Å². The molecule has 9 heavy (non-hydrogen) atoms. The van der Waals surface area contributed by atoms with Crippen LogP contribution >= 0.6 is 0 Å². The number of hydrogen-bond acceptors (Lipinski definition) is 1. The lowest BCUT2D eigenvalue weighted by Crippen LogP contribution is -1.97. The predicted molar refractivity (Wildman–Crippen MR) is 38.4 cm³/mol. The summed E-state index contributed by atoms with van der Waals surface area (Å²) in [6, 6.07) is 1.87. The molecule has 1 aliphatic carbocycles. The van der Waals surface area contributed by atoms with Gasteiger partial charge in [0.25, 0.3) is 0 Å². The summed E-state index contributed by atoms with van der Waals surface area (Å²) < 4.78 is 0. The standard InChI is InChI=1S/C8H15N/c1-2-4-6-8-7(9-8)5-3-1/h7-9H,1-6H2/t7-,8-/m0/s1. The summed E-state index contributed by atoms with van der Waals surface area (Å²) in [5.74, 6) is 0. The highest BCUT2D eigenvalue weighted by Gasteiger charge is 2.34. The molecule has 2 rings (SSSR count). The van der Waals surface area contributed by atoms with E-state index in [1.165, 1.54) is 38.5 Å². The zero-order valence-electron chi connectivity index (χ0n) is 5.90. The molecule has 0 aromatic rings. The largest absolute Gasteiger partial charge is 0.308 e. The smallest absolute Gasteiger partial charge is 0.0224 e. The maximum atomic E-state index is 3.51. The van der Waals surface area contributed by atoms with E-state index in [1.54, 1.807) is 0 Å². The Bertz CT molecular complexity index is 88.7. The lowest BCUT2D eigenvalue weighted by Gasteiger charge is -2.03. The van der Waals surface area contributed by atoms with E-state index in [0.717, 1.165) is 12.1 Å². The lowest BCUT2D eigenvalue weighted by atomic mass is 10.0. The molecule has 0 amide bonds. The average Bonchev–Trinajstić information content (AvgIpc) is 2.46. The van der Waals surface area contributed by atoms with Crippen LogP contribution in [0.25, 0.3) is 0 Å². The summed E-state index contributed by atoms with van der Waals surface area (Å²) in [7, 11) is 0. The molecule has 1 aliphatic heterocycles. The molecule has 2 aliphatic rings. The Morgan fingerprint density at radius 1 is 0.778 bits per heavy atom. The Labute approximate surface area is 56.8 Å². The maximum Gasteiger partial charge on any atom is 0.0224 e. The van der Waals surface area contributed by atoms with E-state index in [4.69, 9.17) is 0 Å². The van der Waals surface area contributed by atoms with Gasteiger partial charge in [-0.2, -0.15) is 0 Å². The molecule has 2 fully saturated rings. The Kier molecular flexibility index (Phi) is 1.46. The molecule has 1 nitrogen and oxygen atoms in total. The molecule has 0 radical (unpaired) electrons. The Hall–Kier alpha value is -0.0400. The van der Waals surface area contributed by atoms with E-state index in [9.17, 15) is 0 Å². The summed E-state index contributed by atoms with van der Waals surface area (Å²) >= 11 is 0. The quantitative estimate of drug-likeness (QED) is 0.489. The van der Waals surface area contributed by atoms with Crippen LogP contribution in [-0.4, -0.2) is 12.1 Å². The summed E-state index contributed by atoms with van der Waals surface area (Å²) in [4.78, 5) is 0. The van der Waals surface area contributed by atoms with E-state index in [1.807, 2.05) is 0 Å². The number of nitrogens with one attached hydrogen (secondary N) is 1. The van der Waals surface area contributed by atoms with E-state index in [-0.39, 0.29) is 0 Å². The van der Waals surface area contributed by atoms with E-state index < -0.39 is 0 Å². The number of rotatable bonds is 0. The second-order valence-electron chi connectivity index (χ2n) is 3.37. The highest BCUT2D eigenvalue weighted by atomic mass is 15.1. The van der Waals surface area contributed by atoms with Gasteiger partial charge in [0.15, 0.2) is 0 Å². The van der Waals surface area contributed by atoms with Crippen molar-refractivity contribution in [2.45, 2.75) is 50.6 Å². The first kappa shape index (κ1) is 5.72. The molecule has 1 heterocycles. The van der Waals surface area contributed by atoms with E-state index in [0.29, 0.717) is 0 Å². The van der Waals surface area contributed by atoms with Gasteiger partial charge >= 0.3 is 0 Å². The van der Waals surface area contributed by atoms with Crippen LogP contribution in [0, 0.1) is 0 Å². The second kappa shape index (κ2) is 2.30. The third-order valence-corrected chi connectivity index (χ3v) is 2.58. The van der Waals surface area contributed by atoms with Crippen LogP contribution in [-0.2, 0) is 0 Å². The van der Waals surface area contributed by atoms with Crippen molar-refractivity contribution >= 4 is 0 Å². The highest BCUT2D eigenvalue weighted by molar-refractivity contribution is 4.97. The van der Waals surface area contributed by atoms with Crippen molar-refractivity contribution in [1.82, 2.24) is 5.32 Å². The molecule has 0 bridgehead atoms. The van der Waals surface area contributed by atoms with Crippen molar-refractivity contribution < 1.29 is 0 Å². The normalized spacial score (nSPS) is 42.7. The summed E-state index contributed by atoms with van der Waals surface area (Å²) in [5.41, 5.74) is 0. The van der Waals surface area contributed by atoms with Gasteiger partial charge in [0, 0.05) is 12.1 Å². The minimum absolute atomic E-state index is 0.935. The third-order valence-electron chi connectivity index (χ3n) is 2.58. The van der Waals surface area contributed by atoms with Crippen LogP contribution in [0.2, 0.25) is 0 Å². The summed E-state index contributed by atoms with van der Waals surface area (Å²) in [6.07, 6.45) is 8.79. The molecule has 0 aromatic heterocycles. The van der Waals surface area contributed by atoms with Gasteiger partial charge in [-0.15, -0.1) is 0 Å². The Morgan fingerprint density at radius 3 is 1.89 bits per heavy atom. The summed E-state index contributed by atoms with van der Waals surface area (Å²) in [5, 5.41) is 3.51. The molecule has 0 spiro atoms. The van der Waals surface area contributed by atoms with Gasteiger partial charge in [-0.1, -0.05) is 25.7 Å². The maximum absolute atomic E-state index is 3.51. The fourth-order valence-corrected chi connectivity index (χ4v) is 1.87. The van der Waals surface area contributed by atoms with Gasteiger partial charge in [0.1, 0.15) is 0 Å². The lowest BCUT2D eigenvalue weighted by molar-refractivity contribution is 0.551. The van der Waals surface area contributed by atoms with E-state index >= 15 is 0 Å². The fourth-order valence-electron chi connectivity index (χ4n) is 1.87. The van der Waals surface area contributed by atoms with Crippen molar-refractivity contribution in [3.8, 4) is 0 Å². The third kappa shape index (κ3) is 1.26. The van der Waals surface area contributed by atoms with Crippen molar-refractivity contribution in [3.63, 3.8) is 0 Å². The van der Waals surface area contributed by atoms with Crippen molar-refractivity contribution in [2.75, 3.05) is 0 Å². The van der Waals surface area contributed by atoms with Crippen molar-refractivity contribution in [3.05, 3.63) is 0 Å². The predicted octanol–water partition coefficient (Wildman–Crippen LogP) is 1.68.